The Morgan fingerprint density at radius 2 is 2.10 bits per heavy atom. The number of aryl methyl sites for hydroxylation is 1. The Labute approximate surface area is 120 Å². The summed E-state index contributed by atoms with van der Waals surface area (Å²) in [4.78, 5) is 12.3. The third kappa shape index (κ3) is 3.19. The molecule has 1 aromatic carbocycles. The largest absolute Gasteiger partial charge is 0.324 e. The molecular formula is C14H20N2O3S. The van der Waals surface area contributed by atoms with Gasteiger partial charge in [-0.25, -0.2) is 8.42 Å². The van der Waals surface area contributed by atoms with E-state index in [1.54, 1.807) is 0 Å². The fourth-order valence-electron chi connectivity index (χ4n) is 2.57. The van der Waals surface area contributed by atoms with E-state index in [0.29, 0.717) is 13.0 Å². The molecule has 6 heteroatoms. The molecule has 20 heavy (non-hydrogen) atoms. The Hall–Kier alpha value is -1.40. The van der Waals surface area contributed by atoms with E-state index in [9.17, 15) is 13.2 Å². The summed E-state index contributed by atoms with van der Waals surface area (Å²) in [5.41, 5.74) is 1.81. The van der Waals surface area contributed by atoms with Crippen LogP contribution < -0.4 is 5.32 Å². The number of nitrogens with zero attached hydrogens (tertiary/aromatic N) is 1. The van der Waals surface area contributed by atoms with Crippen LogP contribution in [-0.2, 0) is 21.2 Å². The number of hydrogen-bond acceptors (Lipinski definition) is 3. The average Bonchev–Trinajstić information content (AvgIpc) is 2.88. The van der Waals surface area contributed by atoms with Crippen molar-refractivity contribution in [3.63, 3.8) is 0 Å². The quantitative estimate of drug-likeness (QED) is 0.918. The molecule has 1 fully saturated rings. The Balaban J connectivity index is 2.16. The molecule has 0 unspecified atom stereocenters. The van der Waals surface area contributed by atoms with Crippen LogP contribution >= 0.6 is 0 Å². The highest BCUT2D eigenvalue weighted by Gasteiger charge is 2.36. The molecule has 1 heterocycles. The lowest BCUT2D eigenvalue weighted by Crippen LogP contribution is -2.42. The zero-order chi connectivity index (χ0) is 14.8. The molecule has 1 saturated heterocycles. The molecule has 0 radical (unpaired) electrons. The van der Waals surface area contributed by atoms with Crippen LogP contribution in [0.25, 0.3) is 0 Å². The molecular weight excluding hydrogens is 276 g/mol. The molecule has 1 aromatic rings. The van der Waals surface area contributed by atoms with Crippen LogP contribution in [0.5, 0.6) is 0 Å². The predicted octanol–water partition coefficient (Wildman–Crippen LogP) is 1.61. The van der Waals surface area contributed by atoms with Gasteiger partial charge in [-0.05, 0) is 30.9 Å². The number of para-hydroxylation sites is 1. The van der Waals surface area contributed by atoms with Gasteiger partial charge in [-0.2, -0.15) is 4.31 Å². The molecule has 0 aromatic heterocycles. The first kappa shape index (κ1) is 15.0. The van der Waals surface area contributed by atoms with Gasteiger partial charge in [0, 0.05) is 12.2 Å². The van der Waals surface area contributed by atoms with Crippen LogP contribution in [0.2, 0.25) is 0 Å². The summed E-state index contributed by atoms with van der Waals surface area (Å²) in [6.07, 6.45) is 3.27. The van der Waals surface area contributed by atoms with Crippen molar-refractivity contribution in [1.82, 2.24) is 4.31 Å². The van der Waals surface area contributed by atoms with Gasteiger partial charge in [0.15, 0.2) is 0 Å². The van der Waals surface area contributed by atoms with E-state index in [0.717, 1.165) is 30.3 Å². The highest BCUT2D eigenvalue weighted by atomic mass is 32.2. The van der Waals surface area contributed by atoms with E-state index < -0.39 is 16.1 Å². The lowest BCUT2D eigenvalue weighted by Gasteiger charge is -2.22. The Kier molecular flexibility index (Phi) is 4.45. The number of carbonyl (C=O) groups excluding carboxylic acids is 1. The summed E-state index contributed by atoms with van der Waals surface area (Å²) < 4.78 is 24.6. The van der Waals surface area contributed by atoms with Crippen molar-refractivity contribution in [2.75, 3.05) is 18.1 Å². The summed E-state index contributed by atoms with van der Waals surface area (Å²) in [6, 6.07) is 6.99. The molecule has 0 spiro atoms. The first-order chi connectivity index (χ1) is 9.43. The molecule has 0 saturated carbocycles. The molecule has 0 aliphatic carbocycles. The van der Waals surface area contributed by atoms with Crippen molar-refractivity contribution in [2.24, 2.45) is 0 Å². The fraction of sp³-hybridized carbons (Fsp3) is 0.500. The monoisotopic (exact) mass is 296 g/mol. The lowest BCUT2D eigenvalue weighted by atomic mass is 10.1. The molecule has 1 aliphatic heterocycles. The lowest BCUT2D eigenvalue weighted by molar-refractivity contribution is -0.119. The van der Waals surface area contributed by atoms with Crippen molar-refractivity contribution < 1.29 is 13.2 Å². The van der Waals surface area contributed by atoms with Gasteiger partial charge >= 0.3 is 0 Å². The van der Waals surface area contributed by atoms with E-state index in [-0.39, 0.29) is 5.91 Å². The molecule has 5 nitrogen and oxygen atoms in total. The summed E-state index contributed by atoms with van der Waals surface area (Å²) in [6.45, 7) is 2.44. The third-order valence-electron chi connectivity index (χ3n) is 3.59. The van der Waals surface area contributed by atoms with Gasteiger partial charge in [0.25, 0.3) is 0 Å². The van der Waals surface area contributed by atoms with Crippen LogP contribution in [-0.4, -0.2) is 37.5 Å². The number of amides is 1. The van der Waals surface area contributed by atoms with Gasteiger partial charge in [0.05, 0.1) is 6.26 Å². The summed E-state index contributed by atoms with van der Waals surface area (Å²) in [5.74, 6) is -0.242. The standard InChI is InChI=1S/C14H20N2O3S/c1-3-11-7-4-5-8-12(11)15-14(17)13-9-6-10-16(13)20(2,18)19/h4-5,7-8,13H,3,6,9-10H2,1-2H3,(H,15,17)/t13-/m1/s1. The average molecular weight is 296 g/mol. The molecule has 1 amide bonds. The zero-order valence-corrected chi connectivity index (χ0v) is 12.6. The minimum absolute atomic E-state index is 0.242. The van der Waals surface area contributed by atoms with Crippen LogP contribution in [0.4, 0.5) is 5.69 Å². The van der Waals surface area contributed by atoms with E-state index >= 15 is 0 Å². The number of benzene rings is 1. The van der Waals surface area contributed by atoms with Crippen LogP contribution in [0, 0.1) is 0 Å². The Bertz CT molecular complexity index is 598. The minimum Gasteiger partial charge on any atom is -0.324 e. The van der Waals surface area contributed by atoms with Crippen LogP contribution in [0.15, 0.2) is 24.3 Å². The zero-order valence-electron chi connectivity index (χ0n) is 11.8. The second-order valence-electron chi connectivity index (χ2n) is 5.03. The van der Waals surface area contributed by atoms with Crippen molar-refractivity contribution in [3.05, 3.63) is 29.8 Å². The first-order valence-corrected chi connectivity index (χ1v) is 8.64. The second kappa shape index (κ2) is 5.93. The highest BCUT2D eigenvalue weighted by Crippen LogP contribution is 2.23. The normalized spacial score (nSPS) is 20.0. The third-order valence-corrected chi connectivity index (χ3v) is 4.88. The fourth-order valence-corrected chi connectivity index (χ4v) is 3.69. The van der Waals surface area contributed by atoms with Gasteiger partial charge < -0.3 is 5.32 Å². The minimum atomic E-state index is -3.33. The summed E-state index contributed by atoms with van der Waals surface area (Å²) in [7, 11) is -3.33. The van der Waals surface area contributed by atoms with Gasteiger partial charge in [-0.15, -0.1) is 0 Å². The molecule has 110 valence electrons. The number of anilines is 1. The smallest absolute Gasteiger partial charge is 0.242 e. The van der Waals surface area contributed by atoms with E-state index in [4.69, 9.17) is 0 Å². The number of sulfonamides is 1. The predicted molar refractivity (Wildman–Crippen MR) is 79.0 cm³/mol. The number of rotatable bonds is 4. The van der Waals surface area contributed by atoms with Crippen LogP contribution in [0.1, 0.15) is 25.3 Å². The molecule has 2 rings (SSSR count). The van der Waals surface area contributed by atoms with Crippen molar-refractivity contribution in [3.8, 4) is 0 Å². The highest BCUT2D eigenvalue weighted by molar-refractivity contribution is 7.88. The Morgan fingerprint density at radius 3 is 2.75 bits per heavy atom. The molecule has 1 aliphatic rings. The Morgan fingerprint density at radius 1 is 1.40 bits per heavy atom. The summed E-state index contributed by atoms with van der Waals surface area (Å²) in [5, 5.41) is 2.86. The van der Waals surface area contributed by atoms with E-state index in [1.165, 1.54) is 4.31 Å². The molecule has 1 atom stereocenters. The number of hydrogen-bond donors (Lipinski definition) is 1. The van der Waals surface area contributed by atoms with Crippen molar-refractivity contribution >= 4 is 21.6 Å². The van der Waals surface area contributed by atoms with Crippen molar-refractivity contribution in [2.45, 2.75) is 32.2 Å². The molecule has 1 N–H and O–H groups in total. The van der Waals surface area contributed by atoms with E-state index in [1.807, 2.05) is 31.2 Å². The maximum absolute atomic E-state index is 12.3. The van der Waals surface area contributed by atoms with Gasteiger partial charge in [0.2, 0.25) is 15.9 Å². The summed E-state index contributed by atoms with van der Waals surface area (Å²) >= 11 is 0. The van der Waals surface area contributed by atoms with Gasteiger partial charge in [0.1, 0.15) is 6.04 Å². The number of nitrogens with one attached hydrogen (secondary N) is 1. The number of carbonyl (C=O) groups is 1. The second-order valence-corrected chi connectivity index (χ2v) is 6.97. The topological polar surface area (TPSA) is 66.5 Å². The maximum atomic E-state index is 12.3. The van der Waals surface area contributed by atoms with E-state index in [2.05, 4.69) is 5.32 Å². The van der Waals surface area contributed by atoms with Crippen LogP contribution in [0.3, 0.4) is 0 Å². The molecule has 0 bridgehead atoms. The van der Waals surface area contributed by atoms with Gasteiger partial charge in [-0.1, -0.05) is 25.1 Å². The van der Waals surface area contributed by atoms with Crippen molar-refractivity contribution in [1.29, 1.82) is 0 Å². The maximum Gasteiger partial charge on any atom is 0.242 e. The van der Waals surface area contributed by atoms with Gasteiger partial charge in [-0.3, -0.25) is 4.79 Å². The first-order valence-electron chi connectivity index (χ1n) is 6.79. The SMILES string of the molecule is CCc1ccccc1NC(=O)[C@H]1CCCN1S(C)(=O)=O.